The number of nitrogens with two attached hydrogens (primary N) is 1. The maximum atomic E-state index is 12.2. The smallest absolute Gasteiger partial charge is 0.133 e. The fourth-order valence-corrected chi connectivity index (χ4v) is 4.39. The van der Waals surface area contributed by atoms with Crippen molar-refractivity contribution in [1.29, 1.82) is 0 Å². The standard InChI is InChI=1S/C17H31NO/c1-12(2)14(7-8-18)5-6-17(19)11-16-10-13-3-4-15(16)9-13/h12-16H,3-11,18H2,1-2H3. The quantitative estimate of drug-likeness (QED) is 0.725. The fraction of sp³-hybridized carbons (Fsp3) is 0.941. The maximum Gasteiger partial charge on any atom is 0.133 e. The summed E-state index contributed by atoms with van der Waals surface area (Å²) in [6.07, 6.45) is 9.36. The van der Waals surface area contributed by atoms with Crippen molar-refractivity contribution in [1.82, 2.24) is 0 Å². The third kappa shape index (κ3) is 4.05. The highest BCUT2D eigenvalue weighted by Gasteiger charge is 2.39. The first-order chi connectivity index (χ1) is 9.10. The fourth-order valence-electron chi connectivity index (χ4n) is 4.39. The maximum absolute atomic E-state index is 12.2. The van der Waals surface area contributed by atoms with Crippen LogP contribution < -0.4 is 5.73 Å². The number of fused-ring (bicyclic) bond motifs is 2. The zero-order valence-corrected chi connectivity index (χ0v) is 12.7. The second-order valence-corrected chi connectivity index (χ2v) is 7.30. The molecule has 2 saturated carbocycles. The molecule has 0 saturated heterocycles. The Morgan fingerprint density at radius 1 is 1.21 bits per heavy atom. The van der Waals surface area contributed by atoms with E-state index in [0.717, 1.165) is 50.0 Å². The highest BCUT2D eigenvalue weighted by Crippen LogP contribution is 2.49. The van der Waals surface area contributed by atoms with Crippen LogP contribution in [0.2, 0.25) is 0 Å². The number of ketones is 1. The summed E-state index contributed by atoms with van der Waals surface area (Å²) in [5.41, 5.74) is 5.66. The molecule has 2 rings (SSSR count). The molecular weight excluding hydrogens is 234 g/mol. The van der Waals surface area contributed by atoms with Gasteiger partial charge in [-0.2, -0.15) is 0 Å². The minimum Gasteiger partial charge on any atom is -0.330 e. The van der Waals surface area contributed by atoms with Gasteiger partial charge in [-0.3, -0.25) is 4.79 Å². The van der Waals surface area contributed by atoms with E-state index in [-0.39, 0.29) is 0 Å². The molecule has 0 heterocycles. The van der Waals surface area contributed by atoms with Crippen LogP contribution in [0.15, 0.2) is 0 Å². The third-order valence-electron chi connectivity index (χ3n) is 5.65. The van der Waals surface area contributed by atoms with E-state index in [0.29, 0.717) is 17.6 Å². The van der Waals surface area contributed by atoms with Crippen molar-refractivity contribution in [2.24, 2.45) is 35.3 Å². The second-order valence-electron chi connectivity index (χ2n) is 7.30. The van der Waals surface area contributed by atoms with Crippen molar-refractivity contribution >= 4 is 5.78 Å². The monoisotopic (exact) mass is 265 g/mol. The van der Waals surface area contributed by atoms with Gasteiger partial charge in [-0.05, 0) is 68.2 Å². The van der Waals surface area contributed by atoms with Crippen LogP contribution >= 0.6 is 0 Å². The molecule has 2 fully saturated rings. The minimum atomic E-state index is 0.514. The van der Waals surface area contributed by atoms with Gasteiger partial charge in [0.05, 0.1) is 0 Å². The van der Waals surface area contributed by atoms with Crippen molar-refractivity contribution in [3.8, 4) is 0 Å². The molecule has 0 aromatic heterocycles. The highest BCUT2D eigenvalue weighted by atomic mass is 16.1. The van der Waals surface area contributed by atoms with E-state index < -0.39 is 0 Å². The van der Waals surface area contributed by atoms with Gasteiger partial charge in [0.15, 0.2) is 0 Å². The summed E-state index contributed by atoms with van der Waals surface area (Å²) >= 11 is 0. The van der Waals surface area contributed by atoms with Crippen molar-refractivity contribution in [3.63, 3.8) is 0 Å². The van der Waals surface area contributed by atoms with E-state index in [1.54, 1.807) is 0 Å². The Bertz CT molecular complexity index is 300. The average Bonchev–Trinajstić information content (AvgIpc) is 2.96. The molecule has 0 amide bonds. The average molecular weight is 265 g/mol. The number of carbonyl (C=O) groups excluding carboxylic acids is 1. The first kappa shape index (κ1) is 15.0. The summed E-state index contributed by atoms with van der Waals surface area (Å²) in [4.78, 5) is 12.2. The van der Waals surface area contributed by atoms with Crippen LogP contribution in [0.3, 0.4) is 0 Å². The first-order valence-electron chi connectivity index (χ1n) is 8.32. The van der Waals surface area contributed by atoms with E-state index in [1.165, 1.54) is 25.7 Å². The molecule has 2 heteroatoms. The lowest BCUT2D eigenvalue weighted by Crippen LogP contribution is -2.18. The lowest BCUT2D eigenvalue weighted by Gasteiger charge is -2.22. The molecule has 2 aliphatic rings. The molecule has 0 aliphatic heterocycles. The molecule has 0 aromatic carbocycles. The van der Waals surface area contributed by atoms with Gasteiger partial charge in [-0.25, -0.2) is 0 Å². The lowest BCUT2D eigenvalue weighted by molar-refractivity contribution is -0.120. The van der Waals surface area contributed by atoms with Crippen LogP contribution in [0.4, 0.5) is 0 Å². The summed E-state index contributed by atoms with van der Waals surface area (Å²) in [6.45, 7) is 5.25. The molecule has 0 aromatic rings. The normalized spacial score (nSPS) is 31.1. The minimum absolute atomic E-state index is 0.514. The number of hydrogen-bond acceptors (Lipinski definition) is 2. The molecule has 2 N–H and O–H groups in total. The Hall–Kier alpha value is -0.370. The molecule has 2 aliphatic carbocycles. The Labute approximate surface area is 118 Å². The Morgan fingerprint density at radius 3 is 2.53 bits per heavy atom. The number of rotatable bonds is 8. The molecule has 4 atom stereocenters. The predicted octanol–water partition coefficient (Wildman–Crippen LogP) is 3.78. The van der Waals surface area contributed by atoms with Gasteiger partial charge in [0.2, 0.25) is 0 Å². The van der Waals surface area contributed by atoms with Gasteiger partial charge in [0, 0.05) is 12.8 Å². The highest BCUT2D eigenvalue weighted by molar-refractivity contribution is 5.78. The lowest BCUT2D eigenvalue weighted by atomic mass is 9.83. The predicted molar refractivity (Wildman–Crippen MR) is 79.8 cm³/mol. The van der Waals surface area contributed by atoms with E-state index in [4.69, 9.17) is 5.73 Å². The van der Waals surface area contributed by atoms with Gasteiger partial charge in [-0.15, -0.1) is 0 Å². The molecule has 110 valence electrons. The van der Waals surface area contributed by atoms with Crippen molar-refractivity contribution in [2.75, 3.05) is 6.54 Å². The van der Waals surface area contributed by atoms with E-state index >= 15 is 0 Å². The van der Waals surface area contributed by atoms with Crippen molar-refractivity contribution in [2.45, 2.75) is 65.2 Å². The van der Waals surface area contributed by atoms with Gasteiger partial charge in [0.1, 0.15) is 5.78 Å². The summed E-state index contributed by atoms with van der Waals surface area (Å²) in [5.74, 6) is 4.38. The molecule has 0 radical (unpaired) electrons. The van der Waals surface area contributed by atoms with Gasteiger partial charge in [-0.1, -0.05) is 20.3 Å². The summed E-state index contributed by atoms with van der Waals surface area (Å²) < 4.78 is 0. The number of hydrogen-bond donors (Lipinski definition) is 1. The van der Waals surface area contributed by atoms with E-state index in [2.05, 4.69) is 13.8 Å². The molecule has 4 unspecified atom stereocenters. The van der Waals surface area contributed by atoms with Crippen molar-refractivity contribution < 1.29 is 4.79 Å². The number of carbonyl (C=O) groups is 1. The largest absolute Gasteiger partial charge is 0.330 e. The Morgan fingerprint density at radius 2 is 2.00 bits per heavy atom. The topological polar surface area (TPSA) is 43.1 Å². The van der Waals surface area contributed by atoms with E-state index in [1.807, 2.05) is 0 Å². The van der Waals surface area contributed by atoms with Crippen LogP contribution in [0.25, 0.3) is 0 Å². The zero-order valence-electron chi connectivity index (χ0n) is 12.7. The van der Waals surface area contributed by atoms with Crippen LogP contribution in [-0.4, -0.2) is 12.3 Å². The van der Waals surface area contributed by atoms with Gasteiger partial charge in [0.25, 0.3) is 0 Å². The molecule has 2 bridgehead atoms. The van der Waals surface area contributed by atoms with Gasteiger partial charge >= 0.3 is 0 Å². The third-order valence-corrected chi connectivity index (χ3v) is 5.65. The van der Waals surface area contributed by atoms with Crippen LogP contribution in [0.1, 0.15) is 65.2 Å². The summed E-state index contributed by atoms with van der Waals surface area (Å²) in [5, 5.41) is 0. The molecule has 19 heavy (non-hydrogen) atoms. The SMILES string of the molecule is CC(C)C(CCN)CCC(=O)CC1CC2CCC1C2. The van der Waals surface area contributed by atoms with Gasteiger partial charge < -0.3 is 5.73 Å². The van der Waals surface area contributed by atoms with Crippen LogP contribution in [-0.2, 0) is 4.79 Å². The Balaban J connectivity index is 1.69. The molecular formula is C17H31NO. The summed E-state index contributed by atoms with van der Waals surface area (Å²) in [6, 6.07) is 0. The number of Topliss-reactive ketones (excluding diaryl/α,β-unsaturated/α-hetero) is 1. The van der Waals surface area contributed by atoms with Crippen molar-refractivity contribution in [3.05, 3.63) is 0 Å². The van der Waals surface area contributed by atoms with E-state index in [9.17, 15) is 4.79 Å². The first-order valence-corrected chi connectivity index (χ1v) is 8.32. The Kier molecular flexibility index (Phi) is 5.44. The van der Waals surface area contributed by atoms with Crippen LogP contribution in [0, 0.1) is 29.6 Å². The molecule has 0 spiro atoms. The summed E-state index contributed by atoms with van der Waals surface area (Å²) in [7, 11) is 0. The van der Waals surface area contributed by atoms with Crippen LogP contribution in [0.5, 0.6) is 0 Å². The molecule has 2 nitrogen and oxygen atoms in total. The second kappa shape index (κ2) is 6.88. The zero-order chi connectivity index (χ0) is 13.8.